The Hall–Kier alpha value is -2.04. The highest BCUT2D eigenvalue weighted by Gasteiger charge is 2.26. The predicted octanol–water partition coefficient (Wildman–Crippen LogP) is 2.18. The minimum absolute atomic E-state index is 0.159. The molecule has 0 unspecified atom stereocenters. The van der Waals surface area contributed by atoms with E-state index in [4.69, 9.17) is 0 Å². The van der Waals surface area contributed by atoms with Gasteiger partial charge in [-0.15, -0.1) is 0 Å². The van der Waals surface area contributed by atoms with Gasteiger partial charge < -0.3 is 5.32 Å². The van der Waals surface area contributed by atoms with Gasteiger partial charge in [0.1, 0.15) is 5.82 Å². The van der Waals surface area contributed by atoms with E-state index in [9.17, 15) is 4.79 Å². The summed E-state index contributed by atoms with van der Waals surface area (Å²) >= 11 is 0. The third-order valence-corrected chi connectivity index (χ3v) is 3.39. The van der Waals surface area contributed by atoms with Gasteiger partial charge in [0.25, 0.3) is 5.91 Å². The Balaban J connectivity index is 1.71. The summed E-state index contributed by atoms with van der Waals surface area (Å²) < 4.78 is 0. The predicted molar refractivity (Wildman–Crippen MR) is 71.9 cm³/mol. The number of rotatable bonds is 3. The molecular formula is C14H16N4O. The average Bonchev–Trinajstić information content (AvgIpc) is 3.26. The van der Waals surface area contributed by atoms with E-state index in [1.54, 1.807) is 12.4 Å². The molecule has 1 aliphatic carbocycles. The molecule has 0 radical (unpaired) electrons. The molecule has 1 aromatic rings. The molecule has 0 aromatic carbocycles. The first-order valence-corrected chi connectivity index (χ1v) is 6.59. The first-order chi connectivity index (χ1) is 9.24. The molecule has 2 aliphatic rings. The fraction of sp³-hybridized carbons (Fsp3) is 0.429. The summed E-state index contributed by atoms with van der Waals surface area (Å²) in [5.74, 6) is 1.21. The van der Waals surface area contributed by atoms with Crippen LogP contribution in [0.4, 0.5) is 0 Å². The molecular weight excluding hydrogens is 240 g/mol. The van der Waals surface area contributed by atoms with Crippen molar-refractivity contribution in [3.63, 3.8) is 0 Å². The van der Waals surface area contributed by atoms with Gasteiger partial charge in [0, 0.05) is 30.2 Å². The van der Waals surface area contributed by atoms with Crippen LogP contribution in [0, 0.1) is 0 Å². The molecule has 1 N–H and O–H groups in total. The molecule has 1 aromatic heterocycles. The Morgan fingerprint density at radius 3 is 2.68 bits per heavy atom. The Kier molecular flexibility index (Phi) is 3.11. The Morgan fingerprint density at radius 2 is 2.05 bits per heavy atom. The summed E-state index contributed by atoms with van der Waals surface area (Å²) in [6.07, 6.45) is 9.10. The highest BCUT2D eigenvalue weighted by molar-refractivity contribution is 5.94. The fourth-order valence-electron chi connectivity index (χ4n) is 2.04. The van der Waals surface area contributed by atoms with Crippen molar-refractivity contribution in [3.8, 4) is 0 Å². The maximum atomic E-state index is 12.1. The first kappa shape index (κ1) is 12.0. The van der Waals surface area contributed by atoms with E-state index in [0.29, 0.717) is 11.5 Å². The number of hydrogen-bond donors (Lipinski definition) is 1. The van der Waals surface area contributed by atoms with Gasteiger partial charge in [-0.25, -0.2) is 9.97 Å². The zero-order chi connectivity index (χ0) is 13.2. The fourth-order valence-corrected chi connectivity index (χ4v) is 2.04. The summed E-state index contributed by atoms with van der Waals surface area (Å²) in [4.78, 5) is 24.8. The first-order valence-electron chi connectivity index (χ1n) is 6.59. The second-order valence-electron chi connectivity index (χ2n) is 4.97. The zero-order valence-electron chi connectivity index (χ0n) is 10.9. The minimum Gasteiger partial charge on any atom is -0.324 e. The second kappa shape index (κ2) is 4.91. The van der Waals surface area contributed by atoms with Crippen LogP contribution in [0.1, 0.15) is 54.7 Å². The number of nitrogens with zero attached hydrogens (tertiary/aromatic N) is 3. The lowest BCUT2D eigenvalue weighted by molar-refractivity contribution is 0.0963. The van der Waals surface area contributed by atoms with Crippen molar-refractivity contribution in [1.82, 2.24) is 15.3 Å². The van der Waals surface area contributed by atoms with Crippen LogP contribution >= 0.6 is 0 Å². The Bertz CT molecular complexity index is 555. The topological polar surface area (TPSA) is 67.2 Å². The molecule has 0 bridgehead atoms. The summed E-state index contributed by atoms with van der Waals surface area (Å²) in [5.41, 5.74) is 2.26. The standard InChI is InChI=1S/C14H16N4O/c1-9-12(3-2-6-15-9)18-14(19)11-7-16-13(17-8-11)10-4-5-10/h6-8,10H,2-5H2,1H3,(H,18,19). The second-order valence-corrected chi connectivity index (χ2v) is 4.97. The van der Waals surface area contributed by atoms with Crippen LogP contribution in [0.3, 0.4) is 0 Å². The molecule has 0 saturated heterocycles. The van der Waals surface area contributed by atoms with Gasteiger partial charge in [-0.3, -0.25) is 9.79 Å². The van der Waals surface area contributed by atoms with E-state index in [1.165, 1.54) is 0 Å². The van der Waals surface area contributed by atoms with Crippen molar-refractivity contribution in [3.05, 3.63) is 35.2 Å². The quantitative estimate of drug-likeness (QED) is 0.901. The van der Waals surface area contributed by atoms with E-state index in [-0.39, 0.29) is 5.91 Å². The number of hydrogen-bond acceptors (Lipinski definition) is 4. The maximum absolute atomic E-state index is 12.1. The molecule has 0 atom stereocenters. The zero-order valence-corrected chi connectivity index (χ0v) is 10.9. The SMILES string of the molecule is CC1=C(NC(=O)c2cnc(C3CC3)nc2)CCC=N1. The lowest BCUT2D eigenvalue weighted by Crippen LogP contribution is -2.25. The van der Waals surface area contributed by atoms with E-state index < -0.39 is 0 Å². The highest BCUT2D eigenvalue weighted by atomic mass is 16.1. The summed E-state index contributed by atoms with van der Waals surface area (Å²) in [6, 6.07) is 0. The average molecular weight is 256 g/mol. The third-order valence-electron chi connectivity index (χ3n) is 3.39. The van der Waals surface area contributed by atoms with Crippen LogP contribution in [-0.2, 0) is 0 Å². The van der Waals surface area contributed by atoms with Crippen molar-refractivity contribution in [2.75, 3.05) is 0 Å². The number of allylic oxidation sites excluding steroid dienone is 2. The number of aliphatic imine (C=N–C) groups is 1. The van der Waals surface area contributed by atoms with Crippen molar-refractivity contribution in [1.29, 1.82) is 0 Å². The van der Waals surface area contributed by atoms with Crippen molar-refractivity contribution < 1.29 is 4.79 Å². The van der Waals surface area contributed by atoms with Crippen LogP contribution in [0.15, 0.2) is 28.8 Å². The number of amides is 1. The monoisotopic (exact) mass is 256 g/mol. The maximum Gasteiger partial charge on any atom is 0.258 e. The smallest absolute Gasteiger partial charge is 0.258 e. The number of carbonyl (C=O) groups excluding carboxylic acids is 1. The lowest BCUT2D eigenvalue weighted by Gasteiger charge is -2.13. The number of carbonyl (C=O) groups is 1. The van der Waals surface area contributed by atoms with Crippen LogP contribution in [0.2, 0.25) is 0 Å². The molecule has 5 heteroatoms. The highest BCUT2D eigenvalue weighted by Crippen LogP contribution is 2.37. The number of nitrogens with one attached hydrogen (secondary N) is 1. The van der Waals surface area contributed by atoms with Crippen molar-refractivity contribution in [2.45, 2.75) is 38.5 Å². The molecule has 5 nitrogen and oxygen atoms in total. The van der Waals surface area contributed by atoms with Gasteiger partial charge in [-0.2, -0.15) is 0 Å². The van der Waals surface area contributed by atoms with Gasteiger partial charge in [0.15, 0.2) is 0 Å². The normalized spacial score (nSPS) is 18.6. The molecule has 1 saturated carbocycles. The van der Waals surface area contributed by atoms with Crippen LogP contribution < -0.4 is 5.32 Å². The lowest BCUT2D eigenvalue weighted by atomic mass is 10.1. The molecule has 0 spiro atoms. The van der Waals surface area contributed by atoms with Crippen LogP contribution in [0.5, 0.6) is 0 Å². The van der Waals surface area contributed by atoms with E-state index in [1.807, 2.05) is 13.1 Å². The van der Waals surface area contributed by atoms with Gasteiger partial charge in [-0.05, 0) is 32.6 Å². The van der Waals surface area contributed by atoms with Gasteiger partial charge in [-0.1, -0.05) is 0 Å². The van der Waals surface area contributed by atoms with E-state index in [0.717, 1.165) is 42.9 Å². The summed E-state index contributed by atoms with van der Waals surface area (Å²) in [6.45, 7) is 1.90. The Labute approximate surface area is 111 Å². The van der Waals surface area contributed by atoms with E-state index >= 15 is 0 Å². The Morgan fingerprint density at radius 1 is 1.32 bits per heavy atom. The van der Waals surface area contributed by atoms with Gasteiger partial charge >= 0.3 is 0 Å². The molecule has 98 valence electrons. The van der Waals surface area contributed by atoms with Gasteiger partial charge in [0.2, 0.25) is 0 Å². The van der Waals surface area contributed by atoms with E-state index in [2.05, 4.69) is 20.3 Å². The number of aromatic nitrogens is 2. The third kappa shape index (κ3) is 2.70. The summed E-state index contributed by atoms with van der Waals surface area (Å²) in [5, 5.41) is 2.90. The molecule has 19 heavy (non-hydrogen) atoms. The molecule has 3 rings (SSSR count). The van der Waals surface area contributed by atoms with Crippen LogP contribution in [0.25, 0.3) is 0 Å². The van der Waals surface area contributed by atoms with Crippen LogP contribution in [-0.4, -0.2) is 22.1 Å². The molecule has 1 fully saturated rings. The molecule has 2 heterocycles. The largest absolute Gasteiger partial charge is 0.324 e. The van der Waals surface area contributed by atoms with Crippen molar-refractivity contribution in [2.24, 2.45) is 4.99 Å². The molecule has 1 amide bonds. The molecule has 1 aliphatic heterocycles. The van der Waals surface area contributed by atoms with Crippen molar-refractivity contribution >= 4 is 12.1 Å². The summed E-state index contributed by atoms with van der Waals surface area (Å²) in [7, 11) is 0. The van der Waals surface area contributed by atoms with Gasteiger partial charge in [0.05, 0.1) is 11.3 Å². The minimum atomic E-state index is -0.159.